The molecule has 3 unspecified atom stereocenters. The largest absolute Gasteiger partial charge is 0.375 e. The molecule has 0 fully saturated rings. The van der Waals surface area contributed by atoms with Crippen LogP contribution < -0.4 is 0 Å². The van der Waals surface area contributed by atoms with Crippen LogP contribution in [0.3, 0.4) is 0 Å². The van der Waals surface area contributed by atoms with Gasteiger partial charge in [0.25, 0.3) is 0 Å². The molecule has 0 saturated heterocycles. The lowest BCUT2D eigenvalue weighted by molar-refractivity contribution is 0.114. The van der Waals surface area contributed by atoms with Crippen LogP contribution in [0.4, 0.5) is 0 Å². The maximum atomic E-state index is 13.8. The van der Waals surface area contributed by atoms with Gasteiger partial charge in [0.15, 0.2) is 19.7 Å². The van der Waals surface area contributed by atoms with Crippen LogP contribution in [0, 0.1) is 5.92 Å². The van der Waals surface area contributed by atoms with Gasteiger partial charge in [-0.15, -0.1) is 5.10 Å². The van der Waals surface area contributed by atoms with Crippen molar-refractivity contribution < 1.29 is 30.0 Å². The molecule has 1 heterocycles. The van der Waals surface area contributed by atoms with Gasteiger partial charge in [0.2, 0.25) is 0 Å². The third-order valence-corrected chi connectivity index (χ3v) is 17.4. The molecule has 5 aromatic rings. The standard InChI is InChI=1S/C43H60N6O7S3.6CH4/c1-4-5-17-39(31-57(3,50)51)59(54,55)32-40(58(52,53)30-33(2)13-6-9-25-45-47-44)18-7-10-26-49-28-38(46-48-49)29-56-27-11-8-14-34-19-20-37-22-21-35-15-12-16-36-23-24-41(34)43(37)42(35)36;;;;;;/h12,15-16,19-24,28,33,39-40H,4-11,13-14,17-18,25-27,29-32H2,1-3H3;6*1H4. The van der Waals surface area contributed by atoms with Gasteiger partial charge in [-0.1, -0.05) is 149 Å². The number of ether oxygens (including phenoxy) is 1. The minimum absolute atomic E-state index is 0. The molecule has 370 valence electrons. The van der Waals surface area contributed by atoms with E-state index in [0.29, 0.717) is 76.9 Å². The zero-order chi connectivity index (χ0) is 42.5. The Labute approximate surface area is 394 Å². The lowest BCUT2D eigenvalue weighted by Crippen LogP contribution is -2.39. The fourth-order valence-corrected chi connectivity index (χ4v) is 15.2. The van der Waals surface area contributed by atoms with Gasteiger partial charge in [0, 0.05) is 30.9 Å². The van der Waals surface area contributed by atoms with Gasteiger partial charge in [-0.2, -0.15) is 0 Å². The summed E-state index contributed by atoms with van der Waals surface area (Å²) >= 11 is 0. The van der Waals surface area contributed by atoms with Crippen LogP contribution in [0.25, 0.3) is 42.8 Å². The number of benzene rings is 4. The van der Waals surface area contributed by atoms with E-state index in [1.807, 2.05) is 20.0 Å². The van der Waals surface area contributed by atoms with Gasteiger partial charge in [-0.25, -0.2) is 25.3 Å². The van der Waals surface area contributed by atoms with Crippen LogP contribution in [0.1, 0.15) is 140 Å². The smallest absolute Gasteiger partial charge is 0.155 e. The van der Waals surface area contributed by atoms with Gasteiger partial charge in [-0.05, 0) is 101 Å². The molecular formula is C49H84N6O7S3. The molecule has 0 aliphatic heterocycles. The molecule has 65 heavy (non-hydrogen) atoms. The second-order valence-corrected chi connectivity index (χ2v) is 23.1. The number of hydrogen-bond acceptors (Lipinski definition) is 10. The molecule has 1 aromatic heterocycles. The first-order valence-corrected chi connectivity index (χ1v) is 26.4. The Morgan fingerprint density at radius 2 is 1.31 bits per heavy atom. The van der Waals surface area contributed by atoms with Crippen LogP contribution >= 0.6 is 0 Å². The summed E-state index contributed by atoms with van der Waals surface area (Å²) in [6.07, 6.45) is 10.1. The van der Waals surface area contributed by atoms with Crippen LogP contribution in [-0.2, 0) is 53.8 Å². The summed E-state index contributed by atoms with van der Waals surface area (Å²) in [5, 5.41) is 17.5. The number of azide groups is 1. The zero-order valence-corrected chi connectivity index (χ0v) is 37.2. The summed E-state index contributed by atoms with van der Waals surface area (Å²) in [7, 11) is -11.5. The van der Waals surface area contributed by atoms with E-state index in [0.717, 1.165) is 25.5 Å². The molecular weight excluding hydrogens is 881 g/mol. The van der Waals surface area contributed by atoms with Crippen LogP contribution in [0.15, 0.2) is 65.9 Å². The van der Waals surface area contributed by atoms with Crippen molar-refractivity contribution >= 4 is 61.8 Å². The number of hydrogen-bond donors (Lipinski definition) is 0. The molecule has 0 aliphatic rings. The molecule has 0 aliphatic carbocycles. The quantitative estimate of drug-likeness (QED) is 0.0154. The zero-order valence-electron chi connectivity index (χ0n) is 34.7. The molecule has 0 radical (unpaired) electrons. The summed E-state index contributed by atoms with van der Waals surface area (Å²) in [4.78, 5) is 2.74. The fourth-order valence-electron chi connectivity index (χ4n) is 8.10. The van der Waals surface area contributed by atoms with Crippen LogP contribution in [0.2, 0.25) is 0 Å². The van der Waals surface area contributed by atoms with E-state index in [-0.39, 0.29) is 69.1 Å². The topological polar surface area (TPSA) is 191 Å². The minimum Gasteiger partial charge on any atom is -0.375 e. The van der Waals surface area contributed by atoms with E-state index in [2.05, 4.69) is 74.9 Å². The highest BCUT2D eigenvalue weighted by atomic mass is 32.2. The van der Waals surface area contributed by atoms with Gasteiger partial charge >= 0.3 is 0 Å². The first kappa shape index (κ1) is 63.3. The van der Waals surface area contributed by atoms with E-state index in [1.165, 1.54) is 37.9 Å². The van der Waals surface area contributed by atoms with Crippen molar-refractivity contribution in [2.75, 3.05) is 36.7 Å². The predicted molar refractivity (Wildman–Crippen MR) is 278 cm³/mol. The van der Waals surface area contributed by atoms with Crippen molar-refractivity contribution in [2.24, 2.45) is 11.0 Å². The lowest BCUT2D eigenvalue weighted by Gasteiger charge is -2.23. The normalized spacial score (nSPS) is 12.9. The molecule has 4 aromatic carbocycles. The number of aromatic nitrogens is 3. The minimum atomic E-state index is -4.05. The van der Waals surface area contributed by atoms with Crippen molar-refractivity contribution in [2.45, 2.75) is 159 Å². The molecule has 0 spiro atoms. The van der Waals surface area contributed by atoms with E-state index >= 15 is 0 Å². The monoisotopic (exact) mass is 965 g/mol. The molecule has 0 amide bonds. The fraction of sp³-hybridized carbons (Fsp3) is 0.633. The average Bonchev–Trinajstić information content (AvgIpc) is 3.65. The Balaban J connectivity index is 0. The third-order valence-electron chi connectivity index (χ3n) is 11.2. The number of nitrogens with zero attached hydrogens (tertiary/aromatic N) is 6. The van der Waals surface area contributed by atoms with Crippen LogP contribution in [0.5, 0.6) is 0 Å². The van der Waals surface area contributed by atoms with E-state index in [1.54, 1.807) is 4.68 Å². The van der Waals surface area contributed by atoms with Crippen molar-refractivity contribution in [3.05, 3.63) is 82.5 Å². The summed E-state index contributed by atoms with van der Waals surface area (Å²) in [6, 6.07) is 19.8. The SMILES string of the molecule is C.C.C.C.C.C.CCCCC(CS(C)(=O)=O)S(=O)(=O)CC(CCCCn1cc(COCCCCc2ccc3ccc4cccc5ccc2c3c45)nn1)S(=O)(=O)CC(C)CCCCN=[N+]=[N-]. The Bertz CT molecular complexity index is 2490. The second-order valence-electron chi connectivity index (χ2n) is 16.3. The van der Waals surface area contributed by atoms with Crippen molar-refractivity contribution in [3.8, 4) is 0 Å². The number of sulfone groups is 3. The number of aryl methyl sites for hydroxylation is 2. The van der Waals surface area contributed by atoms with Crippen molar-refractivity contribution in [1.29, 1.82) is 0 Å². The van der Waals surface area contributed by atoms with Gasteiger partial charge in [-0.3, -0.25) is 4.68 Å². The van der Waals surface area contributed by atoms with E-state index < -0.39 is 51.5 Å². The summed E-state index contributed by atoms with van der Waals surface area (Å²) in [6.45, 7) is 5.45. The molecule has 16 heteroatoms. The Morgan fingerprint density at radius 3 is 1.97 bits per heavy atom. The molecule has 0 bridgehead atoms. The lowest BCUT2D eigenvalue weighted by atomic mass is 9.91. The van der Waals surface area contributed by atoms with Gasteiger partial charge < -0.3 is 4.74 Å². The van der Waals surface area contributed by atoms with Crippen LogP contribution in [-0.4, -0.2) is 87.4 Å². The van der Waals surface area contributed by atoms with E-state index in [9.17, 15) is 25.3 Å². The summed E-state index contributed by atoms with van der Waals surface area (Å²) in [5.41, 5.74) is 10.5. The highest BCUT2D eigenvalue weighted by Crippen LogP contribution is 2.36. The Kier molecular flexibility index (Phi) is 28.9. The summed E-state index contributed by atoms with van der Waals surface area (Å²) in [5.74, 6) is -1.53. The number of unbranched alkanes of at least 4 members (excludes halogenated alkanes) is 4. The van der Waals surface area contributed by atoms with Gasteiger partial charge in [0.05, 0.1) is 40.6 Å². The Hall–Kier alpha value is -3.82. The maximum absolute atomic E-state index is 13.8. The average molecular weight is 965 g/mol. The van der Waals surface area contributed by atoms with Gasteiger partial charge in [0.1, 0.15) is 15.5 Å². The van der Waals surface area contributed by atoms with Crippen molar-refractivity contribution in [1.82, 2.24) is 15.0 Å². The molecule has 5 rings (SSSR count). The maximum Gasteiger partial charge on any atom is 0.155 e. The first-order chi connectivity index (χ1) is 28.2. The third kappa shape index (κ3) is 18.8. The first-order valence-electron chi connectivity index (χ1n) is 20.9. The highest BCUT2D eigenvalue weighted by Gasteiger charge is 2.36. The predicted octanol–water partition coefficient (Wildman–Crippen LogP) is 12.6. The molecule has 0 N–H and O–H groups in total. The Morgan fingerprint density at radius 1 is 0.708 bits per heavy atom. The second kappa shape index (κ2) is 29.7. The molecule has 13 nitrogen and oxygen atoms in total. The number of rotatable bonds is 28. The highest BCUT2D eigenvalue weighted by molar-refractivity contribution is 7.97. The molecule has 0 saturated carbocycles. The van der Waals surface area contributed by atoms with E-state index in [4.69, 9.17) is 10.3 Å². The summed E-state index contributed by atoms with van der Waals surface area (Å²) < 4.78 is 87.0. The molecule has 3 atom stereocenters. The van der Waals surface area contributed by atoms with Crippen molar-refractivity contribution in [3.63, 3.8) is 0 Å².